The minimum atomic E-state index is -0.974. The molecular weight excluding hydrogens is 241 g/mol. The molecule has 2 aromatic rings. The summed E-state index contributed by atoms with van der Waals surface area (Å²) in [5.74, 6) is -2.59. The molecule has 1 heterocycles. The molecule has 3 nitrogen and oxygen atoms in total. The van der Waals surface area contributed by atoms with Gasteiger partial charge in [0, 0.05) is 18.2 Å². The first-order valence-corrected chi connectivity index (χ1v) is 4.96. The highest BCUT2D eigenvalue weighted by Gasteiger charge is 2.12. The lowest BCUT2D eigenvalue weighted by atomic mass is 10.3. The van der Waals surface area contributed by atoms with Gasteiger partial charge in [-0.25, -0.2) is 13.2 Å². The first-order valence-electron chi connectivity index (χ1n) is 4.14. The van der Waals surface area contributed by atoms with Crippen LogP contribution < -0.4 is 4.72 Å². The van der Waals surface area contributed by atoms with Crippen LogP contribution in [0, 0.1) is 17.5 Å². The van der Waals surface area contributed by atoms with Gasteiger partial charge in [0.2, 0.25) is 0 Å². The fourth-order valence-corrected chi connectivity index (χ4v) is 1.62. The Morgan fingerprint density at radius 2 is 1.88 bits per heavy atom. The van der Waals surface area contributed by atoms with E-state index in [0.29, 0.717) is 29.9 Å². The van der Waals surface area contributed by atoms with Crippen LogP contribution in [0.5, 0.6) is 0 Å². The molecule has 0 aliphatic heterocycles. The van der Waals surface area contributed by atoms with Gasteiger partial charge in [-0.2, -0.15) is 0 Å². The molecule has 0 spiro atoms. The van der Waals surface area contributed by atoms with E-state index in [1.54, 1.807) is 0 Å². The molecule has 0 saturated carbocycles. The number of hydrogen-bond acceptors (Lipinski definition) is 4. The first kappa shape index (κ1) is 10.9. The molecule has 0 fully saturated rings. The highest BCUT2D eigenvalue weighted by molar-refractivity contribution is 8.00. The van der Waals surface area contributed by atoms with Crippen molar-refractivity contribution in [3.05, 3.63) is 41.9 Å². The highest BCUT2D eigenvalue weighted by atomic mass is 32.2. The van der Waals surface area contributed by atoms with Crippen LogP contribution in [-0.2, 0) is 0 Å². The Hall–Kier alpha value is -1.63. The van der Waals surface area contributed by atoms with Crippen LogP contribution in [0.2, 0.25) is 0 Å². The topological polar surface area (TPSA) is 38.1 Å². The number of nitrogens with zero attached hydrogens (tertiary/aromatic N) is 1. The third-order valence-electron chi connectivity index (χ3n) is 1.66. The van der Waals surface area contributed by atoms with Crippen molar-refractivity contribution in [2.24, 2.45) is 0 Å². The van der Waals surface area contributed by atoms with Gasteiger partial charge in [-0.05, 0) is 11.9 Å². The summed E-state index contributed by atoms with van der Waals surface area (Å²) in [6, 6.07) is 2.69. The molecule has 1 N–H and O–H groups in total. The summed E-state index contributed by atoms with van der Waals surface area (Å²) in [5, 5.41) is 3.48. The zero-order chi connectivity index (χ0) is 11.5. The monoisotopic (exact) mass is 246 g/mol. The van der Waals surface area contributed by atoms with Gasteiger partial charge in [-0.1, -0.05) is 5.16 Å². The van der Waals surface area contributed by atoms with E-state index in [4.69, 9.17) is 0 Å². The van der Waals surface area contributed by atoms with Crippen molar-refractivity contribution in [1.29, 1.82) is 0 Å². The Labute approximate surface area is 92.8 Å². The zero-order valence-electron chi connectivity index (χ0n) is 7.71. The van der Waals surface area contributed by atoms with Crippen LogP contribution in [0.15, 0.2) is 33.9 Å². The summed E-state index contributed by atoms with van der Waals surface area (Å²) in [6.45, 7) is 0. The van der Waals surface area contributed by atoms with Crippen LogP contribution in [0.4, 0.5) is 19.0 Å². The Kier molecular flexibility index (Phi) is 3.04. The maximum absolute atomic E-state index is 13.2. The van der Waals surface area contributed by atoms with Gasteiger partial charge in [-0.15, -0.1) is 0 Å². The van der Waals surface area contributed by atoms with E-state index >= 15 is 0 Å². The van der Waals surface area contributed by atoms with Crippen LogP contribution in [-0.4, -0.2) is 5.16 Å². The first-order chi connectivity index (χ1) is 7.66. The molecular formula is C9H5F3N2OS. The number of halogens is 3. The summed E-state index contributed by atoms with van der Waals surface area (Å²) in [7, 11) is 0. The van der Waals surface area contributed by atoms with E-state index in [1.165, 1.54) is 12.3 Å². The minimum Gasteiger partial charge on any atom is -0.363 e. The van der Waals surface area contributed by atoms with Gasteiger partial charge in [0.05, 0.1) is 0 Å². The molecule has 2 rings (SSSR count). The number of nitrogens with one attached hydrogen (secondary N) is 1. The number of benzene rings is 1. The second kappa shape index (κ2) is 4.48. The van der Waals surface area contributed by atoms with E-state index in [2.05, 4.69) is 14.4 Å². The Bertz CT molecular complexity index is 466. The lowest BCUT2D eigenvalue weighted by Crippen LogP contribution is -1.94. The zero-order valence-corrected chi connectivity index (χ0v) is 8.52. The third-order valence-corrected chi connectivity index (χ3v) is 2.56. The van der Waals surface area contributed by atoms with Crippen molar-refractivity contribution >= 4 is 17.8 Å². The summed E-state index contributed by atoms with van der Waals surface area (Å²) in [4.78, 5) is -0.329. The number of aromatic nitrogens is 1. The van der Waals surface area contributed by atoms with Gasteiger partial charge < -0.3 is 9.25 Å². The number of rotatable bonds is 3. The fourth-order valence-electron chi connectivity index (χ4n) is 0.995. The third kappa shape index (κ3) is 2.30. The van der Waals surface area contributed by atoms with Crippen molar-refractivity contribution in [3.8, 4) is 0 Å². The second-order valence-corrected chi connectivity index (χ2v) is 3.60. The molecule has 7 heteroatoms. The average molecular weight is 246 g/mol. The lowest BCUT2D eigenvalue weighted by molar-refractivity contribution is 0.423. The predicted molar refractivity (Wildman–Crippen MR) is 52.3 cm³/mol. The lowest BCUT2D eigenvalue weighted by Gasteiger charge is -2.04. The molecule has 1 aromatic carbocycles. The van der Waals surface area contributed by atoms with Crippen LogP contribution in [0.25, 0.3) is 0 Å². The molecule has 0 aliphatic carbocycles. The van der Waals surface area contributed by atoms with Crippen molar-refractivity contribution < 1.29 is 17.7 Å². The van der Waals surface area contributed by atoms with Crippen molar-refractivity contribution in [2.75, 3.05) is 4.72 Å². The SMILES string of the molecule is Fc1cc(F)c(SNc2ccon2)c(F)c1. The molecule has 1 aromatic heterocycles. The van der Waals surface area contributed by atoms with Gasteiger partial charge in [0.1, 0.15) is 28.6 Å². The van der Waals surface area contributed by atoms with Gasteiger partial charge >= 0.3 is 0 Å². The van der Waals surface area contributed by atoms with Crippen molar-refractivity contribution in [1.82, 2.24) is 5.16 Å². The summed E-state index contributed by atoms with van der Waals surface area (Å²) in [5.41, 5.74) is 0. The maximum Gasteiger partial charge on any atom is 0.179 e. The fraction of sp³-hybridized carbons (Fsp3) is 0. The molecule has 16 heavy (non-hydrogen) atoms. The quantitative estimate of drug-likeness (QED) is 0.844. The molecule has 0 atom stereocenters. The standard InChI is InChI=1S/C9H5F3N2OS/c10-5-3-6(11)9(7(12)4-5)16-14-8-1-2-15-13-8/h1-4H,(H,13,14). The molecule has 84 valence electrons. The Morgan fingerprint density at radius 1 is 1.19 bits per heavy atom. The van der Waals surface area contributed by atoms with E-state index in [-0.39, 0.29) is 4.90 Å². The number of hydrogen-bond donors (Lipinski definition) is 1. The van der Waals surface area contributed by atoms with Crippen LogP contribution in [0.3, 0.4) is 0 Å². The molecule has 0 saturated heterocycles. The highest BCUT2D eigenvalue weighted by Crippen LogP contribution is 2.26. The van der Waals surface area contributed by atoms with E-state index in [1.807, 2.05) is 0 Å². The van der Waals surface area contributed by atoms with E-state index in [0.717, 1.165) is 0 Å². The molecule has 0 aliphatic rings. The predicted octanol–water partition coefficient (Wildman–Crippen LogP) is 3.21. The maximum atomic E-state index is 13.2. The van der Waals surface area contributed by atoms with E-state index in [9.17, 15) is 13.2 Å². The molecule has 0 radical (unpaired) electrons. The summed E-state index contributed by atoms with van der Waals surface area (Å²) >= 11 is 0.651. The summed E-state index contributed by atoms with van der Waals surface area (Å²) in [6.07, 6.45) is 1.31. The molecule has 0 bridgehead atoms. The van der Waals surface area contributed by atoms with Crippen molar-refractivity contribution in [2.45, 2.75) is 4.90 Å². The minimum absolute atomic E-state index is 0.313. The Morgan fingerprint density at radius 3 is 2.44 bits per heavy atom. The van der Waals surface area contributed by atoms with Crippen molar-refractivity contribution in [3.63, 3.8) is 0 Å². The summed E-state index contributed by atoms with van der Waals surface area (Å²) < 4.78 is 46.0. The average Bonchev–Trinajstić information content (AvgIpc) is 2.68. The van der Waals surface area contributed by atoms with Crippen LogP contribution >= 0.6 is 11.9 Å². The second-order valence-electron chi connectivity index (χ2n) is 2.79. The molecule has 0 amide bonds. The normalized spacial score (nSPS) is 10.4. The van der Waals surface area contributed by atoms with Gasteiger partial charge in [-0.3, -0.25) is 0 Å². The van der Waals surface area contributed by atoms with Gasteiger partial charge in [0.15, 0.2) is 5.82 Å². The van der Waals surface area contributed by atoms with Gasteiger partial charge in [0.25, 0.3) is 0 Å². The molecule has 0 unspecified atom stereocenters. The Balaban J connectivity index is 2.15. The van der Waals surface area contributed by atoms with Crippen LogP contribution in [0.1, 0.15) is 0 Å². The van der Waals surface area contributed by atoms with E-state index < -0.39 is 17.5 Å². The largest absolute Gasteiger partial charge is 0.363 e. The smallest absolute Gasteiger partial charge is 0.179 e. The number of anilines is 1.